The smallest absolute Gasteiger partial charge is 0.243 e. The lowest BCUT2D eigenvalue weighted by atomic mass is 9.88. The van der Waals surface area contributed by atoms with Crippen LogP contribution in [0.5, 0.6) is 0 Å². The molecule has 40 heavy (non-hydrogen) atoms. The maximum Gasteiger partial charge on any atom is 0.243 e. The second-order valence-corrected chi connectivity index (χ2v) is 12.7. The third kappa shape index (κ3) is 23.6. The van der Waals surface area contributed by atoms with E-state index in [9.17, 15) is 9.59 Å². The van der Waals surface area contributed by atoms with E-state index in [1.807, 2.05) is 6.92 Å². The van der Waals surface area contributed by atoms with E-state index in [1.54, 1.807) is 0 Å². The maximum atomic E-state index is 12.7. The summed E-state index contributed by atoms with van der Waals surface area (Å²) < 4.78 is 0. The molecule has 238 valence electrons. The Morgan fingerprint density at radius 2 is 0.775 bits per heavy atom. The third-order valence-corrected chi connectivity index (χ3v) is 8.92. The lowest BCUT2D eigenvalue weighted by Crippen LogP contribution is -2.57. The summed E-state index contributed by atoms with van der Waals surface area (Å²) in [6, 6.07) is 0. The molecule has 4 heteroatoms. The first-order valence-electron chi connectivity index (χ1n) is 18.1. The van der Waals surface area contributed by atoms with Gasteiger partial charge in [-0.15, -0.1) is 0 Å². The Morgan fingerprint density at radius 3 is 1.07 bits per heavy atom. The Hall–Kier alpha value is -1.06. The van der Waals surface area contributed by atoms with Crippen molar-refractivity contribution in [2.45, 2.75) is 219 Å². The Morgan fingerprint density at radius 1 is 0.475 bits per heavy atom. The van der Waals surface area contributed by atoms with E-state index < -0.39 is 5.54 Å². The van der Waals surface area contributed by atoms with Gasteiger partial charge in [-0.2, -0.15) is 0 Å². The first-order valence-corrected chi connectivity index (χ1v) is 18.1. The van der Waals surface area contributed by atoms with Crippen LogP contribution < -0.4 is 11.1 Å². The van der Waals surface area contributed by atoms with Gasteiger partial charge in [0.05, 0.1) is 0 Å². The average molecular weight is 565 g/mol. The van der Waals surface area contributed by atoms with E-state index in [1.165, 1.54) is 148 Å². The van der Waals surface area contributed by atoms with Crippen LogP contribution in [0.3, 0.4) is 0 Å². The highest BCUT2D eigenvalue weighted by atomic mass is 16.2. The van der Waals surface area contributed by atoms with Crippen LogP contribution in [-0.4, -0.2) is 17.4 Å². The summed E-state index contributed by atoms with van der Waals surface area (Å²) in [5.41, 5.74) is 4.93. The highest BCUT2D eigenvalue weighted by Crippen LogP contribution is 2.21. The van der Waals surface area contributed by atoms with E-state index in [4.69, 9.17) is 5.73 Å². The number of hydrogen-bond donors (Lipinski definition) is 2. The van der Waals surface area contributed by atoms with Crippen molar-refractivity contribution >= 4 is 11.8 Å². The molecule has 0 aromatic carbocycles. The van der Waals surface area contributed by atoms with Crippen molar-refractivity contribution in [3.05, 3.63) is 0 Å². The summed E-state index contributed by atoms with van der Waals surface area (Å²) in [6.45, 7) is 6.52. The van der Waals surface area contributed by atoms with Gasteiger partial charge in [-0.1, -0.05) is 188 Å². The fraction of sp³-hybridized carbons (Fsp3) is 0.944. The first-order chi connectivity index (χ1) is 19.5. The normalized spacial score (nSPS) is 12.9. The first kappa shape index (κ1) is 38.9. The maximum absolute atomic E-state index is 12.7. The van der Waals surface area contributed by atoms with Gasteiger partial charge in [-0.05, 0) is 19.3 Å². The SMILES string of the molecule is CCCCCCCCCCCCCCCCCC(=O)NC(CC)(CCCCCCCCCCCCCC)C(N)=O. The van der Waals surface area contributed by atoms with Crippen LogP contribution in [0.2, 0.25) is 0 Å². The molecule has 0 saturated heterocycles. The lowest BCUT2D eigenvalue weighted by Gasteiger charge is -2.31. The highest BCUT2D eigenvalue weighted by Gasteiger charge is 2.35. The molecule has 4 nitrogen and oxygen atoms in total. The molecule has 0 heterocycles. The molecule has 3 N–H and O–H groups in total. The molecule has 1 unspecified atom stereocenters. The Balaban J connectivity index is 3.81. The fourth-order valence-corrected chi connectivity index (χ4v) is 5.94. The molecule has 0 aliphatic heterocycles. The lowest BCUT2D eigenvalue weighted by molar-refractivity contribution is -0.132. The molecule has 0 aliphatic carbocycles. The summed E-state index contributed by atoms with van der Waals surface area (Å²) in [6.07, 6.45) is 37.0. The molecule has 0 saturated carbocycles. The van der Waals surface area contributed by atoms with Crippen LogP contribution in [0.1, 0.15) is 213 Å². The monoisotopic (exact) mass is 565 g/mol. The number of nitrogens with one attached hydrogen (secondary N) is 1. The molecule has 1 atom stereocenters. The minimum Gasteiger partial charge on any atom is -0.368 e. The average Bonchev–Trinajstić information content (AvgIpc) is 2.94. The Labute approximate surface area is 251 Å². The molecule has 2 amide bonds. The number of unbranched alkanes of at least 4 members (excludes halogenated alkanes) is 25. The van der Waals surface area contributed by atoms with Gasteiger partial charge in [0.25, 0.3) is 0 Å². The Bertz CT molecular complexity index is 565. The van der Waals surface area contributed by atoms with Crippen molar-refractivity contribution in [3.8, 4) is 0 Å². The van der Waals surface area contributed by atoms with Crippen LogP contribution in [0.15, 0.2) is 0 Å². The van der Waals surface area contributed by atoms with Crippen molar-refractivity contribution in [2.24, 2.45) is 5.73 Å². The van der Waals surface area contributed by atoms with Gasteiger partial charge < -0.3 is 11.1 Å². The zero-order valence-electron chi connectivity index (χ0n) is 27.6. The van der Waals surface area contributed by atoms with Crippen molar-refractivity contribution in [2.75, 3.05) is 0 Å². The molecule has 0 bridgehead atoms. The minimum absolute atomic E-state index is 0.00530. The van der Waals surface area contributed by atoms with E-state index >= 15 is 0 Å². The zero-order chi connectivity index (χ0) is 29.6. The quantitative estimate of drug-likeness (QED) is 0.0797. The summed E-state index contributed by atoms with van der Waals surface area (Å²) in [7, 11) is 0. The number of hydrogen-bond acceptors (Lipinski definition) is 2. The molecule has 0 fully saturated rings. The Kier molecular flexibility index (Phi) is 28.7. The summed E-state index contributed by atoms with van der Waals surface area (Å²) in [5, 5.41) is 3.06. The number of rotatable bonds is 32. The zero-order valence-corrected chi connectivity index (χ0v) is 27.6. The van der Waals surface area contributed by atoms with Gasteiger partial charge in [0.2, 0.25) is 11.8 Å². The van der Waals surface area contributed by atoms with Crippen LogP contribution in [0.25, 0.3) is 0 Å². The molecular formula is C36H72N2O2. The summed E-state index contributed by atoms with van der Waals surface area (Å²) in [4.78, 5) is 25.0. The number of amides is 2. The van der Waals surface area contributed by atoms with Gasteiger partial charge >= 0.3 is 0 Å². The second-order valence-electron chi connectivity index (χ2n) is 12.7. The van der Waals surface area contributed by atoms with Gasteiger partial charge in [-0.25, -0.2) is 0 Å². The number of carbonyl (C=O) groups excluding carboxylic acids is 2. The van der Waals surface area contributed by atoms with Crippen molar-refractivity contribution < 1.29 is 9.59 Å². The van der Waals surface area contributed by atoms with Crippen LogP contribution in [-0.2, 0) is 9.59 Å². The molecule has 0 aromatic heterocycles. The molecule has 0 aromatic rings. The van der Waals surface area contributed by atoms with Gasteiger partial charge in [0.1, 0.15) is 5.54 Å². The summed E-state index contributed by atoms with van der Waals surface area (Å²) in [5.74, 6) is -0.378. The molecular weight excluding hydrogens is 492 g/mol. The number of primary amides is 1. The predicted octanol–water partition coefficient (Wildman–Crippen LogP) is 11.1. The predicted molar refractivity (Wildman–Crippen MR) is 176 cm³/mol. The molecule has 0 radical (unpaired) electrons. The number of nitrogens with two attached hydrogens (primary N) is 1. The highest BCUT2D eigenvalue weighted by molar-refractivity contribution is 5.90. The minimum atomic E-state index is -0.870. The van der Waals surface area contributed by atoms with Gasteiger partial charge in [-0.3, -0.25) is 9.59 Å². The van der Waals surface area contributed by atoms with Crippen LogP contribution in [0.4, 0.5) is 0 Å². The molecule has 0 aliphatic rings. The van der Waals surface area contributed by atoms with E-state index in [0.717, 1.165) is 25.7 Å². The third-order valence-electron chi connectivity index (χ3n) is 8.92. The molecule has 0 rings (SSSR count). The second kappa shape index (κ2) is 29.4. The van der Waals surface area contributed by atoms with Crippen LogP contribution in [0, 0.1) is 0 Å². The largest absolute Gasteiger partial charge is 0.368 e. The van der Waals surface area contributed by atoms with Gasteiger partial charge in [0.15, 0.2) is 0 Å². The number of carbonyl (C=O) groups is 2. The van der Waals surface area contributed by atoms with Crippen molar-refractivity contribution in [1.82, 2.24) is 5.32 Å². The standard InChI is InChI=1S/C36H72N2O2/c1-4-7-9-11-13-15-17-19-20-21-22-24-26-28-30-32-34(39)38-36(6-3,35(37)40)33-31-29-27-25-23-18-16-14-12-10-8-5-2/h4-33H2,1-3H3,(H2,37,40)(H,38,39). The van der Waals surface area contributed by atoms with Crippen molar-refractivity contribution in [1.29, 1.82) is 0 Å². The topological polar surface area (TPSA) is 72.2 Å². The fourth-order valence-electron chi connectivity index (χ4n) is 5.94. The van der Waals surface area contributed by atoms with E-state index in [0.29, 0.717) is 19.3 Å². The van der Waals surface area contributed by atoms with Crippen molar-refractivity contribution in [3.63, 3.8) is 0 Å². The van der Waals surface area contributed by atoms with E-state index in [-0.39, 0.29) is 11.8 Å². The van der Waals surface area contributed by atoms with E-state index in [2.05, 4.69) is 19.2 Å². The van der Waals surface area contributed by atoms with Crippen LogP contribution >= 0.6 is 0 Å². The molecule has 0 spiro atoms. The summed E-state index contributed by atoms with van der Waals surface area (Å²) >= 11 is 0. The van der Waals surface area contributed by atoms with Gasteiger partial charge in [0, 0.05) is 6.42 Å².